The van der Waals surface area contributed by atoms with Crippen LogP contribution in [0.25, 0.3) is 10.8 Å². The van der Waals surface area contributed by atoms with Crippen LogP contribution in [0.5, 0.6) is 0 Å². The van der Waals surface area contributed by atoms with Gasteiger partial charge in [-0.3, -0.25) is 0 Å². The van der Waals surface area contributed by atoms with E-state index in [1.807, 2.05) is 18.2 Å². The second kappa shape index (κ2) is 7.21. The van der Waals surface area contributed by atoms with Crippen LogP contribution in [0, 0.1) is 0 Å². The number of hydrogen-bond acceptors (Lipinski definition) is 2. The Bertz CT molecular complexity index is 719. The molecule has 3 aromatic carbocycles. The van der Waals surface area contributed by atoms with Crippen molar-refractivity contribution in [3.63, 3.8) is 0 Å². The second-order valence-electron chi connectivity index (χ2n) is 5.50. The van der Waals surface area contributed by atoms with E-state index in [0.29, 0.717) is 13.2 Å². The van der Waals surface area contributed by atoms with Crippen molar-refractivity contribution < 1.29 is 4.74 Å². The van der Waals surface area contributed by atoms with Crippen LogP contribution in [0.2, 0.25) is 0 Å². The third-order valence-corrected chi connectivity index (χ3v) is 3.94. The molecule has 3 rings (SSSR count). The molecule has 0 bridgehead atoms. The highest BCUT2D eigenvalue weighted by molar-refractivity contribution is 5.85. The van der Waals surface area contributed by atoms with Crippen molar-refractivity contribution in [1.29, 1.82) is 0 Å². The van der Waals surface area contributed by atoms with Crippen LogP contribution in [0.1, 0.15) is 23.6 Å². The molecule has 0 heterocycles. The van der Waals surface area contributed by atoms with Crippen LogP contribution in [0.15, 0.2) is 72.8 Å². The summed E-state index contributed by atoms with van der Waals surface area (Å²) in [4.78, 5) is 0. The van der Waals surface area contributed by atoms with Crippen molar-refractivity contribution in [3.8, 4) is 0 Å². The zero-order chi connectivity index (χ0) is 15.2. The monoisotopic (exact) mass is 291 g/mol. The summed E-state index contributed by atoms with van der Waals surface area (Å²) < 4.78 is 5.84. The van der Waals surface area contributed by atoms with Gasteiger partial charge in [0.15, 0.2) is 0 Å². The molecule has 0 saturated heterocycles. The first-order valence-electron chi connectivity index (χ1n) is 7.69. The third-order valence-electron chi connectivity index (χ3n) is 3.94. The summed E-state index contributed by atoms with van der Waals surface area (Å²) in [6, 6.07) is 24.9. The van der Waals surface area contributed by atoms with Crippen molar-refractivity contribution in [3.05, 3.63) is 83.9 Å². The minimum Gasteiger partial charge on any atom is -0.377 e. The van der Waals surface area contributed by atoms with E-state index < -0.39 is 0 Å². The second-order valence-corrected chi connectivity index (χ2v) is 5.50. The van der Waals surface area contributed by atoms with Crippen molar-refractivity contribution in [2.45, 2.75) is 19.1 Å². The van der Waals surface area contributed by atoms with Crippen LogP contribution >= 0.6 is 0 Å². The van der Waals surface area contributed by atoms with Crippen LogP contribution in [0.3, 0.4) is 0 Å². The van der Waals surface area contributed by atoms with Gasteiger partial charge in [0.1, 0.15) is 0 Å². The average Bonchev–Trinajstić information content (AvgIpc) is 2.59. The van der Waals surface area contributed by atoms with Crippen LogP contribution in [-0.2, 0) is 11.3 Å². The van der Waals surface area contributed by atoms with Gasteiger partial charge in [-0.25, -0.2) is 0 Å². The number of benzene rings is 3. The predicted octanol–water partition coefficient (Wildman–Crippen LogP) is 4.45. The molecule has 0 aliphatic heterocycles. The quantitative estimate of drug-likeness (QED) is 0.681. The molecule has 0 aromatic heterocycles. The normalized spacial score (nSPS) is 12.4. The highest BCUT2D eigenvalue weighted by Crippen LogP contribution is 2.19. The van der Waals surface area contributed by atoms with E-state index in [1.54, 1.807) is 0 Å². The number of hydrogen-bond donors (Lipinski definition) is 1. The lowest BCUT2D eigenvalue weighted by Gasteiger charge is -2.13. The van der Waals surface area contributed by atoms with E-state index in [4.69, 9.17) is 10.5 Å². The number of ether oxygens (including phenoxy) is 1. The first kappa shape index (κ1) is 14.8. The van der Waals surface area contributed by atoms with Gasteiger partial charge in [-0.15, -0.1) is 0 Å². The topological polar surface area (TPSA) is 35.2 Å². The Labute approximate surface area is 131 Å². The molecule has 0 unspecified atom stereocenters. The zero-order valence-corrected chi connectivity index (χ0v) is 12.6. The summed E-state index contributed by atoms with van der Waals surface area (Å²) >= 11 is 0. The predicted molar refractivity (Wildman–Crippen MR) is 91.6 cm³/mol. The minimum absolute atomic E-state index is 0.0358. The van der Waals surface area contributed by atoms with Gasteiger partial charge in [0.25, 0.3) is 0 Å². The van der Waals surface area contributed by atoms with Crippen molar-refractivity contribution in [1.82, 2.24) is 0 Å². The Balaban J connectivity index is 1.55. The number of nitrogens with two attached hydrogens (primary N) is 1. The summed E-state index contributed by atoms with van der Waals surface area (Å²) in [5, 5.41) is 2.52. The molecule has 22 heavy (non-hydrogen) atoms. The SMILES string of the molecule is N[C@@H](CCOCc1cccc2ccccc12)c1ccccc1. The van der Waals surface area contributed by atoms with E-state index in [0.717, 1.165) is 12.0 Å². The molecule has 3 aromatic rings. The smallest absolute Gasteiger partial charge is 0.0722 e. The fraction of sp³-hybridized carbons (Fsp3) is 0.200. The van der Waals surface area contributed by atoms with Gasteiger partial charge in [0.05, 0.1) is 6.61 Å². The minimum atomic E-state index is 0.0358. The maximum atomic E-state index is 6.18. The van der Waals surface area contributed by atoms with Gasteiger partial charge < -0.3 is 10.5 Å². The lowest BCUT2D eigenvalue weighted by molar-refractivity contribution is 0.115. The van der Waals surface area contributed by atoms with Crippen LogP contribution in [-0.4, -0.2) is 6.61 Å². The molecule has 0 spiro atoms. The Morgan fingerprint density at radius 3 is 2.41 bits per heavy atom. The van der Waals surface area contributed by atoms with E-state index in [2.05, 4.69) is 54.6 Å². The lowest BCUT2D eigenvalue weighted by atomic mass is 10.0. The number of fused-ring (bicyclic) bond motifs is 1. The van der Waals surface area contributed by atoms with E-state index in [1.165, 1.54) is 16.3 Å². The highest BCUT2D eigenvalue weighted by atomic mass is 16.5. The third kappa shape index (κ3) is 3.53. The van der Waals surface area contributed by atoms with Gasteiger partial charge in [-0.2, -0.15) is 0 Å². The van der Waals surface area contributed by atoms with Crippen LogP contribution < -0.4 is 5.73 Å². The molecule has 2 nitrogen and oxygen atoms in total. The summed E-state index contributed by atoms with van der Waals surface area (Å²) in [5.41, 5.74) is 8.58. The molecular weight excluding hydrogens is 270 g/mol. The summed E-state index contributed by atoms with van der Waals surface area (Å²) in [6.45, 7) is 1.29. The standard InChI is InChI=1S/C20H21NO/c21-20(17-8-2-1-3-9-17)13-14-22-15-18-11-6-10-16-7-4-5-12-19(16)18/h1-12,20H,13-15,21H2/t20-/m0/s1. The molecule has 0 amide bonds. The largest absolute Gasteiger partial charge is 0.377 e. The van der Waals surface area contributed by atoms with Gasteiger partial charge in [0.2, 0.25) is 0 Å². The molecule has 1 atom stereocenters. The van der Waals surface area contributed by atoms with E-state index >= 15 is 0 Å². The molecule has 2 heteroatoms. The van der Waals surface area contributed by atoms with Crippen molar-refractivity contribution in [2.75, 3.05) is 6.61 Å². The molecule has 0 aliphatic rings. The summed E-state index contributed by atoms with van der Waals surface area (Å²) in [5.74, 6) is 0. The maximum Gasteiger partial charge on any atom is 0.0722 e. The molecule has 112 valence electrons. The van der Waals surface area contributed by atoms with Crippen LogP contribution in [0.4, 0.5) is 0 Å². The van der Waals surface area contributed by atoms with Gasteiger partial charge >= 0.3 is 0 Å². The summed E-state index contributed by atoms with van der Waals surface area (Å²) in [6.07, 6.45) is 0.828. The number of rotatable bonds is 6. The summed E-state index contributed by atoms with van der Waals surface area (Å²) in [7, 11) is 0. The molecule has 0 aliphatic carbocycles. The van der Waals surface area contributed by atoms with E-state index in [-0.39, 0.29) is 6.04 Å². The Morgan fingerprint density at radius 1 is 0.818 bits per heavy atom. The fourth-order valence-electron chi connectivity index (χ4n) is 2.68. The first-order valence-corrected chi connectivity index (χ1v) is 7.69. The van der Waals surface area contributed by atoms with Crippen molar-refractivity contribution in [2.24, 2.45) is 5.73 Å². The maximum absolute atomic E-state index is 6.18. The molecular formula is C20H21NO. The molecule has 2 N–H and O–H groups in total. The molecule has 0 fully saturated rings. The fourth-order valence-corrected chi connectivity index (χ4v) is 2.68. The van der Waals surface area contributed by atoms with E-state index in [9.17, 15) is 0 Å². The Kier molecular flexibility index (Phi) is 4.84. The Morgan fingerprint density at radius 2 is 1.55 bits per heavy atom. The van der Waals surface area contributed by atoms with Gasteiger partial charge in [-0.05, 0) is 28.3 Å². The first-order chi connectivity index (χ1) is 10.8. The van der Waals surface area contributed by atoms with Gasteiger partial charge in [-0.1, -0.05) is 72.8 Å². The van der Waals surface area contributed by atoms with Crippen molar-refractivity contribution >= 4 is 10.8 Å². The molecule has 0 radical (unpaired) electrons. The lowest BCUT2D eigenvalue weighted by Crippen LogP contribution is -2.13. The highest BCUT2D eigenvalue weighted by Gasteiger charge is 2.05. The zero-order valence-electron chi connectivity index (χ0n) is 12.6. The molecule has 0 saturated carbocycles. The Hall–Kier alpha value is -2.16. The average molecular weight is 291 g/mol. The van der Waals surface area contributed by atoms with Gasteiger partial charge in [0, 0.05) is 12.6 Å².